The van der Waals surface area contributed by atoms with Gasteiger partial charge in [-0.2, -0.15) is 0 Å². The van der Waals surface area contributed by atoms with E-state index in [-0.39, 0.29) is 5.91 Å². The number of aromatic nitrogens is 2. The van der Waals surface area contributed by atoms with Crippen molar-refractivity contribution in [3.05, 3.63) is 78.1 Å². The minimum absolute atomic E-state index is 0.222. The number of amides is 1. The molecule has 1 amide bonds. The summed E-state index contributed by atoms with van der Waals surface area (Å²) in [5.74, 6) is 0.348. The zero-order chi connectivity index (χ0) is 17.6. The number of aryl methyl sites for hydroxylation is 1. The van der Waals surface area contributed by atoms with Crippen molar-refractivity contribution in [1.29, 1.82) is 0 Å². The second kappa shape index (κ2) is 7.57. The van der Waals surface area contributed by atoms with Gasteiger partial charge in [0, 0.05) is 30.3 Å². The van der Waals surface area contributed by atoms with Crippen LogP contribution in [0.1, 0.15) is 22.8 Å². The van der Waals surface area contributed by atoms with Crippen LogP contribution in [0.3, 0.4) is 0 Å². The smallest absolute Gasteiger partial charge is 0.258 e. The summed E-state index contributed by atoms with van der Waals surface area (Å²) in [6.45, 7) is 4.75. The lowest BCUT2D eigenvalue weighted by atomic mass is 10.2. The number of rotatable bonds is 5. The summed E-state index contributed by atoms with van der Waals surface area (Å²) in [7, 11) is 0. The molecule has 0 unspecified atom stereocenters. The quantitative estimate of drug-likeness (QED) is 0.761. The van der Waals surface area contributed by atoms with E-state index >= 15 is 0 Å². The third-order valence-electron chi connectivity index (χ3n) is 3.80. The van der Waals surface area contributed by atoms with Crippen molar-refractivity contribution in [2.24, 2.45) is 0 Å². The number of nitrogens with zero attached hydrogens (tertiary/aromatic N) is 3. The number of carbonyl (C=O) groups is 1. The first-order valence-corrected chi connectivity index (χ1v) is 8.20. The summed E-state index contributed by atoms with van der Waals surface area (Å²) in [6.07, 6.45) is 3.11. The molecule has 0 atom stereocenters. The zero-order valence-electron chi connectivity index (χ0n) is 14.3. The Morgan fingerprint density at radius 1 is 1.04 bits per heavy atom. The molecular weight excluding hydrogens is 312 g/mol. The van der Waals surface area contributed by atoms with Gasteiger partial charge in [0.15, 0.2) is 0 Å². The van der Waals surface area contributed by atoms with Crippen LogP contribution < -0.4 is 10.2 Å². The van der Waals surface area contributed by atoms with Crippen molar-refractivity contribution in [2.45, 2.75) is 13.8 Å². The predicted octanol–water partition coefficient (Wildman–Crippen LogP) is 4.20. The van der Waals surface area contributed by atoms with Crippen molar-refractivity contribution >= 4 is 23.2 Å². The van der Waals surface area contributed by atoms with Crippen molar-refractivity contribution < 1.29 is 4.79 Å². The molecular formula is C20H20N4O. The van der Waals surface area contributed by atoms with Gasteiger partial charge in [-0.15, -0.1) is 0 Å². The first-order valence-electron chi connectivity index (χ1n) is 8.20. The van der Waals surface area contributed by atoms with E-state index in [9.17, 15) is 4.79 Å². The number of hydrogen-bond acceptors (Lipinski definition) is 4. The largest absolute Gasteiger partial charge is 0.322 e. The minimum atomic E-state index is -0.222. The molecule has 0 fully saturated rings. The number of hydrogen-bond donors (Lipinski definition) is 1. The standard InChI is InChI=1S/C20H20N4O/c1-3-24(18-10-5-4-6-11-18)20-21-13-16(14-22-20)19(25)23-17-9-7-8-15(2)12-17/h4-14H,3H2,1-2H3,(H,23,25). The van der Waals surface area contributed by atoms with Crippen LogP contribution in [0.25, 0.3) is 0 Å². The first kappa shape index (κ1) is 16.6. The summed E-state index contributed by atoms with van der Waals surface area (Å²) < 4.78 is 0. The van der Waals surface area contributed by atoms with Gasteiger partial charge in [0.25, 0.3) is 5.91 Å². The maximum absolute atomic E-state index is 12.3. The molecule has 126 valence electrons. The molecule has 1 heterocycles. The molecule has 0 aliphatic rings. The molecule has 0 saturated carbocycles. The molecule has 0 saturated heterocycles. The third kappa shape index (κ3) is 4.01. The van der Waals surface area contributed by atoms with Crippen LogP contribution in [0.2, 0.25) is 0 Å². The van der Waals surface area contributed by atoms with Crippen LogP contribution in [0.5, 0.6) is 0 Å². The van der Waals surface area contributed by atoms with E-state index in [1.807, 2.05) is 73.3 Å². The van der Waals surface area contributed by atoms with Gasteiger partial charge in [0.05, 0.1) is 5.56 Å². The highest BCUT2D eigenvalue weighted by molar-refractivity contribution is 6.03. The molecule has 0 radical (unpaired) electrons. The Hall–Kier alpha value is -3.21. The fourth-order valence-corrected chi connectivity index (χ4v) is 2.55. The van der Waals surface area contributed by atoms with E-state index in [1.165, 1.54) is 0 Å². The van der Waals surface area contributed by atoms with Crippen LogP contribution in [-0.2, 0) is 0 Å². The lowest BCUT2D eigenvalue weighted by Gasteiger charge is -2.20. The molecule has 5 nitrogen and oxygen atoms in total. The number of para-hydroxylation sites is 1. The van der Waals surface area contributed by atoms with Crippen molar-refractivity contribution in [1.82, 2.24) is 9.97 Å². The van der Waals surface area contributed by atoms with E-state index in [0.717, 1.165) is 23.5 Å². The molecule has 0 bridgehead atoms. The van der Waals surface area contributed by atoms with Crippen molar-refractivity contribution in [2.75, 3.05) is 16.8 Å². The summed E-state index contributed by atoms with van der Waals surface area (Å²) in [5.41, 5.74) is 3.29. The number of benzene rings is 2. The van der Waals surface area contributed by atoms with Crippen LogP contribution in [0, 0.1) is 6.92 Å². The predicted molar refractivity (Wildman–Crippen MR) is 100 cm³/mol. The van der Waals surface area contributed by atoms with Gasteiger partial charge in [-0.05, 0) is 43.7 Å². The first-order chi connectivity index (χ1) is 12.2. The van der Waals surface area contributed by atoms with Gasteiger partial charge < -0.3 is 10.2 Å². The molecule has 1 N–H and O–H groups in total. The number of nitrogens with one attached hydrogen (secondary N) is 1. The Labute approximate surface area is 147 Å². The second-order valence-corrected chi connectivity index (χ2v) is 5.68. The third-order valence-corrected chi connectivity index (χ3v) is 3.80. The molecule has 25 heavy (non-hydrogen) atoms. The lowest BCUT2D eigenvalue weighted by molar-refractivity contribution is 0.102. The highest BCUT2D eigenvalue weighted by Crippen LogP contribution is 2.21. The number of anilines is 3. The highest BCUT2D eigenvalue weighted by atomic mass is 16.1. The maximum atomic E-state index is 12.3. The fourth-order valence-electron chi connectivity index (χ4n) is 2.55. The molecule has 3 rings (SSSR count). The Morgan fingerprint density at radius 2 is 1.76 bits per heavy atom. The summed E-state index contributed by atoms with van der Waals surface area (Å²) in [4.78, 5) is 23.1. The van der Waals surface area contributed by atoms with E-state index in [4.69, 9.17) is 0 Å². The Bertz CT molecular complexity index is 847. The van der Waals surface area contributed by atoms with Crippen molar-refractivity contribution in [3.63, 3.8) is 0 Å². The zero-order valence-corrected chi connectivity index (χ0v) is 14.3. The average Bonchev–Trinajstić information content (AvgIpc) is 2.64. The van der Waals surface area contributed by atoms with E-state index in [2.05, 4.69) is 15.3 Å². The highest BCUT2D eigenvalue weighted by Gasteiger charge is 2.12. The van der Waals surface area contributed by atoms with Crippen LogP contribution in [0.15, 0.2) is 67.0 Å². The second-order valence-electron chi connectivity index (χ2n) is 5.68. The van der Waals surface area contributed by atoms with Crippen molar-refractivity contribution in [3.8, 4) is 0 Å². The normalized spacial score (nSPS) is 10.3. The van der Waals surface area contributed by atoms with Gasteiger partial charge in [0.1, 0.15) is 0 Å². The molecule has 2 aromatic carbocycles. The van der Waals surface area contributed by atoms with E-state index in [0.29, 0.717) is 11.5 Å². The molecule has 0 spiro atoms. The van der Waals surface area contributed by atoms with Crippen LogP contribution in [0.4, 0.5) is 17.3 Å². The van der Waals surface area contributed by atoms with E-state index in [1.54, 1.807) is 12.4 Å². The summed E-state index contributed by atoms with van der Waals surface area (Å²) in [6, 6.07) is 17.6. The fraction of sp³-hybridized carbons (Fsp3) is 0.150. The molecule has 1 aromatic heterocycles. The molecule has 3 aromatic rings. The van der Waals surface area contributed by atoms with E-state index < -0.39 is 0 Å². The van der Waals surface area contributed by atoms with Gasteiger partial charge in [-0.25, -0.2) is 9.97 Å². The topological polar surface area (TPSA) is 58.1 Å². The maximum Gasteiger partial charge on any atom is 0.258 e. The average molecular weight is 332 g/mol. The molecule has 5 heteroatoms. The van der Waals surface area contributed by atoms with Gasteiger partial charge in [0.2, 0.25) is 5.95 Å². The molecule has 0 aliphatic heterocycles. The van der Waals surface area contributed by atoms with Gasteiger partial charge in [-0.1, -0.05) is 30.3 Å². The minimum Gasteiger partial charge on any atom is -0.322 e. The number of carbonyl (C=O) groups excluding carboxylic acids is 1. The van der Waals surface area contributed by atoms with Crippen LogP contribution >= 0.6 is 0 Å². The summed E-state index contributed by atoms with van der Waals surface area (Å²) in [5, 5.41) is 2.86. The SMILES string of the molecule is CCN(c1ccccc1)c1ncc(C(=O)Nc2cccc(C)c2)cn1. The Kier molecular flexibility index (Phi) is 5.04. The van der Waals surface area contributed by atoms with Crippen LogP contribution in [-0.4, -0.2) is 22.4 Å². The van der Waals surface area contributed by atoms with Gasteiger partial charge >= 0.3 is 0 Å². The molecule has 0 aliphatic carbocycles. The monoisotopic (exact) mass is 332 g/mol. The lowest BCUT2D eigenvalue weighted by Crippen LogP contribution is -2.20. The Balaban J connectivity index is 1.76. The Morgan fingerprint density at radius 3 is 2.40 bits per heavy atom. The van der Waals surface area contributed by atoms with Gasteiger partial charge in [-0.3, -0.25) is 4.79 Å². The summed E-state index contributed by atoms with van der Waals surface area (Å²) >= 11 is 0.